The number of carbonyl (C=O) groups is 1. The normalized spacial score (nSPS) is 20.1. The van der Waals surface area contributed by atoms with Crippen LogP contribution < -0.4 is 10.7 Å². The van der Waals surface area contributed by atoms with Crippen LogP contribution in [0.5, 0.6) is 0 Å². The highest BCUT2D eigenvalue weighted by Crippen LogP contribution is 2.18. The van der Waals surface area contributed by atoms with E-state index in [1.165, 1.54) is 12.3 Å². The van der Waals surface area contributed by atoms with Crippen LogP contribution in [0.25, 0.3) is 10.9 Å². The van der Waals surface area contributed by atoms with Crippen LogP contribution in [-0.2, 0) is 0 Å². The van der Waals surface area contributed by atoms with E-state index in [-0.39, 0.29) is 29.5 Å². The molecule has 0 spiro atoms. The monoisotopic (exact) mass is 316 g/mol. The highest BCUT2D eigenvalue weighted by molar-refractivity contribution is 5.97. The number of pyridine rings is 1. The number of aromatic nitrogens is 1. The highest BCUT2D eigenvalue weighted by Gasteiger charge is 2.22. The van der Waals surface area contributed by atoms with Crippen LogP contribution in [0.1, 0.15) is 22.3 Å². The van der Waals surface area contributed by atoms with Crippen molar-refractivity contribution in [1.82, 2.24) is 10.3 Å². The van der Waals surface area contributed by atoms with Crippen molar-refractivity contribution in [3.8, 4) is 0 Å². The zero-order chi connectivity index (χ0) is 16.6. The minimum atomic E-state index is -0.512. The Morgan fingerprint density at radius 1 is 1.43 bits per heavy atom. The number of hydrogen-bond donors (Lipinski definition) is 3. The van der Waals surface area contributed by atoms with Crippen LogP contribution in [0, 0.1) is 18.7 Å². The molecule has 0 aliphatic heterocycles. The summed E-state index contributed by atoms with van der Waals surface area (Å²) in [5.41, 5.74) is 0.575. The number of aliphatic hydroxyl groups excluding tert-OH is 1. The molecule has 0 saturated carbocycles. The number of aliphatic hydroxyl groups is 1. The number of carbonyl (C=O) groups excluding carboxylic acids is 1. The molecule has 3 N–H and O–H groups in total. The lowest BCUT2D eigenvalue weighted by Crippen LogP contribution is -2.35. The van der Waals surface area contributed by atoms with Gasteiger partial charge in [-0.25, -0.2) is 4.39 Å². The summed E-state index contributed by atoms with van der Waals surface area (Å²) in [6.45, 7) is 1.72. The number of halogens is 1. The van der Waals surface area contributed by atoms with E-state index >= 15 is 0 Å². The minimum Gasteiger partial charge on any atom is -0.396 e. The average Bonchev–Trinajstić information content (AvgIpc) is 2.95. The molecule has 1 aliphatic carbocycles. The molecule has 0 unspecified atom stereocenters. The zero-order valence-corrected chi connectivity index (χ0v) is 12.6. The molecule has 0 saturated heterocycles. The molecule has 0 radical (unpaired) electrons. The maximum absolute atomic E-state index is 13.5. The van der Waals surface area contributed by atoms with Gasteiger partial charge in [0, 0.05) is 30.1 Å². The van der Waals surface area contributed by atoms with Gasteiger partial charge < -0.3 is 15.4 Å². The number of H-pyrrole nitrogens is 1. The van der Waals surface area contributed by atoms with Gasteiger partial charge in [0.2, 0.25) is 5.43 Å². The Hall–Kier alpha value is -2.47. The Labute approximate surface area is 131 Å². The molecule has 3 rings (SSSR count). The molecule has 1 heterocycles. The zero-order valence-electron chi connectivity index (χ0n) is 12.6. The first kappa shape index (κ1) is 15.4. The number of fused-ring (bicyclic) bond motifs is 1. The van der Waals surface area contributed by atoms with Gasteiger partial charge in [-0.2, -0.15) is 0 Å². The second-order valence-electron chi connectivity index (χ2n) is 5.82. The quantitative estimate of drug-likeness (QED) is 0.753. The number of aryl methyl sites for hydroxylation is 1. The Morgan fingerprint density at radius 2 is 2.22 bits per heavy atom. The second-order valence-corrected chi connectivity index (χ2v) is 5.82. The van der Waals surface area contributed by atoms with E-state index < -0.39 is 17.2 Å². The fraction of sp³-hybridized carbons (Fsp3) is 0.294. The summed E-state index contributed by atoms with van der Waals surface area (Å²) >= 11 is 0. The summed E-state index contributed by atoms with van der Waals surface area (Å²) in [4.78, 5) is 27.7. The van der Waals surface area contributed by atoms with Gasteiger partial charge in [-0.15, -0.1) is 0 Å². The van der Waals surface area contributed by atoms with Crippen molar-refractivity contribution in [1.29, 1.82) is 0 Å². The molecule has 6 heteroatoms. The van der Waals surface area contributed by atoms with E-state index in [2.05, 4.69) is 10.3 Å². The van der Waals surface area contributed by atoms with Gasteiger partial charge in [0.25, 0.3) is 5.91 Å². The van der Waals surface area contributed by atoms with Gasteiger partial charge in [0.15, 0.2) is 0 Å². The van der Waals surface area contributed by atoms with Crippen molar-refractivity contribution in [2.75, 3.05) is 6.61 Å². The Bertz CT molecular complexity index is 857. The molecule has 23 heavy (non-hydrogen) atoms. The van der Waals surface area contributed by atoms with E-state index in [0.29, 0.717) is 17.5 Å². The Morgan fingerprint density at radius 3 is 2.91 bits per heavy atom. The number of benzene rings is 1. The Balaban J connectivity index is 1.91. The molecule has 1 aliphatic rings. The number of amides is 1. The van der Waals surface area contributed by atoms with Crippen molar-refractivity contribution in [3.05, 3.63) is 57.6 Å². The van der Waals surface area contributed by atoms with Crippen molar-refractivity contribution in [2.24, 2.45) is 5.92 Å². The lowest BCUT2D eigenvalue weighted by molar-refractivity contribution is 0.0940. The second kappa shape index (κ2) is 5.96. The van der Waals surface area contributed by atoms with Crippen molar-refractivity contribution < 1.29 is 14.3 Å². The fourth-order valence-corrected chi connectivity index (χ4v) is 2.90. The third-order valence-electron chi connectivity index (χ3n) is 4.12. The average molecular weight is 316 g/mol. The van der Waals surface area contributed by atoms with E-state index in [1.807, 2.05) is 6.08 Å². The highest BCUT2D eigenvalue weighted by atomic mass is 19.1. The Kier molecular flexibility index (Phi) is 4.00. The molecular weight excluding hydrogens is 299 g/mol. The van der Waals surface area contributed by atoms with Crippen molar-refractivity contribution >= 4 is 16.8 Å². The SMILES string of the molecule is Cc1cc(F)cc2c(=O)c(C(=O)N[C@@H]3C=C[C@H](CO)C3)c[nH]c12. The van der Waals surface area contributed by atoms with E-state index in [9.17, 15) is 14.0 Å². The van der Waals surface area contributed by atoms with Crippen molar-refractivity contribution in [3.63, 3.8) is 0 Å². The van der Waals surface area contributed by atoms with Gasteiger partial charge in [0.05, 0.1) is 5.52 Å². The fourth-order valence-electron chi connectivity index (χ4n) is 2.90. The molecule has 2 aromatic rings. The molecule has 1 aromatic carbocycles. The molecule has 2 atom stereocenters. The lowest BCUT2D eigenvalue weighted by atomic mass is 10.1. The van der Waals surface area contributed by atoms with Crippen LogP contribution in [0.15, 0.2) is 35.3 Å². The number of rotatable bonds is 3. The van der Waals surface area contributed by atoms with Crippen molar-refractivity contribution in [2.45, 2.75) is 19.4 Å². The number of nitrogens with one attached hydrogen (secondary N) is 2. The summed E-state index contributed by atoms with van der Waals surface area (Å²) in [5, 5.41) is 12.0. The summed E-state index contributed by atoms with van der Waals surface area (Å²) < 4.78 is 13.5. The predicted molar refractivity (Wildman–Crippen MR) is 84.9 cm³/mol. The molecule has 1 amide bonds. The first-order valence-electron chi connectivity index (χ1n) is 7.41. The summed E-state index contributed by atoms with van der Waals surface area (Å²) in [6.07, 6.45) is 5.60. The lowest BCUT2D eigenvalue weighted by Gasteiger charge is -2.13. The van der Waals surface area contributed by atoms with Gasteiger partial charge in [-0.1, -0.05) is 12.2 Å². The molecule has 0 bridgehead atoms. The van der Waals surface area contributed by atoms with E-state index in [4.69, 9.17) is 5.11 Å². The maximum atomic E-state index is 13.5. The number of hydrogen-bond acceptors (Lipinski definition) is 3. The first-order chi connectivity index (χ1) is 11.0. The molecular formula is C17H17FN2O3. The van der Waals surface area contributed by atoms with E-state index in [0.717, 1.165) is 6.07 Å². The molecule has 0 fully saturated rings. The largest absolute Gasteiger partial charge is 0.396 e. The number of aromatic amines is 1. The third kappa shape index (κ3) is 2.90. The van der Waals surface area contributed by atoms with Gasteiger partial charge >= 0.3 is 0 Å². The summed E-state index contributed by atoms with van der Waals surface area (Å²) in [7, 11) is 0. The van der Waals surface area contributed by atoms with Crippen LogP contribution in [0.4, 0.5) is 4.39 Å². The molecule has 120 valence electrons. The standard InChI is InChI=1S/C17H17FN2O3/c1-9-4-11(18)6-13-15(9)19-7-14(16(13)22)17(23)20-12-3-2-10(5-12)8-21/h2-4,6-7,10,12,21H,5,8H2,1H3,(H,19,22)(H,20,23)/t10-,12+/m0/s1. The van der Waals surface area contributed by atoms with Gasteiger partial charge in [0.1, 0.15) is 11.4 Å². The van der Waals surface area contributed by atoms with Crippen LogP contribution >= 0.6 is 0 Å². The van der Waals surface area contributed by atoms with Crippen LogP contribution in [0.2, 0.25) is 0 Å². The predicted octanol–water partition coefficient (Wildman–Crippen LogP) is 1.64. The van der Waals surface area contributed by atoms with E-state index in [1.54, 1.807) is 13.0 Å². The molecule has 5 nitrogen and oxygen atoms in total. The molecule has 1 aromatic heterocycles. The van der Waals surface area contributed by atoms with Crippen LogP contribution in [0.3, 0.4) is 0 Å². The minimum absolute atomic E-state index is 0.0203. The maximum Gasteiger partial charge on any atom is 0.257 e. The smallest absolute Gasteiger partial charge is 0.257 e. The summed E-state index contributed by atoms with van der Waals surface area (Å²) in [6, 6.07) is 2.25. The van der Waals surface area contributed by atoms with Gasteiger partial charge in [-0.05, 0) is 31.0 Å². The summed E-state index contributed by atoms with van der Waals surface area (Å²) in [5.74, 6) is -1.00. The topological polar surface area (TPSA) is 82.2 Å². The third-order valence-corrected chi connectivity index (χ3v) is 4.12. The van der Waals surface area contributed by atoms with Gasteiger partial charge in [-0.3, -0.25) is 9.59 Å². The first-order valence-corrected chi connectivity index (χ1v) is 7.41. The van der Waals surface area contributed by atoms with Crippen LogP contribution in [-0.4, -0.2) is 28.6 Å².